The van der Waals surface area contributed by atoms with Crippen molar-refractivity contribution in [2.45, 2.75) is 26.7 Å². The van der Waals surface area contributed by atoms with Crippen LogP contribution in [-0.2, 0) is 0 Å². The van der Waals surface area contributed by atoms with E-state index in [1.54, 1.807) is 6.07 Å². The van der Waals surface area contributed by atoms with Gasteiger partial charge in [0.15, 0.2) is 5.82 Å². The maximum Gasteiger partial charge on any atom is 0.165 e. The van der Waals surface area contributed by atoms with Gasteiger partial charge in [-0.1, -0.05) is 36.5 Å². The number of aromatic nitrogens is 1. The second kappa shape index (κ2) is 5.93. The monoisotopic (exact) mass is 245 g/mol. The molecule has 5 heteroatoms. The van der Waals surface area contributed by atoms with Gasteiger partial charge in [-0.25, -0.2) is 4.98 Å². The number of pyridine rings is 1. The summed E-state index contributed by atoms with van der Waals surface area (Å²) in [6, 6.07) is 1.63. The van der Waals surface area contributed by atoms with Gasteiger partial charge >= 0.3 is 0 Å². The normalized spacial score (nSPS) is 11.6. The lowest BCUT2D eigenvalue weighted by Crippen LogP contribution is -1.99. The molecule has 0 amide bonds. The predicted octanol–water partition coefficient (Wildman–Crippen LogP) is 3.98. The molecule has 3 nitrogen and oxygen atoms in total. The highest BCUT2D eigenvalue weighted by atomic mass is 35.5. The highest BCUT2D eigenvalue weighted by Gasteiger charge is 2.01. The van der Waals surface area contributed by atoms with E-state index < -0.39 is 0 Å². The Morgan fingerprint density at radius 2 is 2.27 bits per heavy atom. The Bertz CT molecular complexity index is 364. The second-order valence-corrected chi connectivity index (χ2v) is 4.04. The van der Waals surface area contributed by atoms with Gasteiger partial charge in [-0.2, -0.15) is 5.10 Å². The van der Waals surface area contributed by atoms with Crippen LogP contribution in [0.5, 0.6) is 0 Å². The Morgan fingerprint density at radius 3 is 2.87 bits per heavy atom. The Labute approximate surface area is 99.5 Å². The van der Waals surface area contributed by atoms with Crippen LogP contribution in [0.15, 0.2) is 17.4 Å². The van der Waals surface area contributed by atoms with Gasteiger partial charge in [-0.05, 0) is 19.4 Å². The van der Waals surface area contributed by atoms with Crippen molar-refractivity contribution in [3.8, 4) is 0 Å². The smallest absolute Gasteiger partial charge is 0.165 e. The van der Waals surface area contributed by atoms with E-state index in [1.807, 2.05) is 6.92 Å². The average molecular weight is 246 g/mol. The van der Waals surface area contributed by atoms with Gasteiger partial charge in [0.05, 0.1) is 10.0 Å². The van der Waals surface area contributed by atoms with E-state index >= 15 is 0 Å². The number of hydrogen-bond acceptors (Lipinski definition) is 3. The highest BCUT2D eigenvalue weighted by molar-refractivity contribution is 6.35. The van der Waals surface area contributed by atoms with Crippen LogP contribution in [0.1, 0.15) is 26.7 Å². The first kappa shape index (κ1) is 12.3. The summed E-state index contributed by atoms with van der Waals surface area (Å²) in [4.78, 5) is 4.03. The molecule has 0 atom stereocenters. The zero-order chi connectivity index (χ0) is 11.3. The number of rotatable bonds is 4. The molecule has 0 saturated heterocycles. The van der Waals surface area contributed by atoms with Crippen molar-refractivity contribution in [3.05, 3.63) is 22.3 Å². The Hall–Kier alpha value is -0.800. The van der Waals surface area contributed by atoms with E-state index in [0.717, 1.165) is 18.6 Å². The fourth-order valence-corrected chi connectivity index (χ4v) is 1.49. The van der Waals surface area contributed by atoms with Gasteiger partial charge in [0, 0.05) is 11.9 Å². The summed E-state index contributed by atoms with van der Waals surface area (Å²) in [7, 11) is 0. The summed E-state index contributed by atoms with van der Waals surface area (Å²) < 4.78 is 0. The zero-order valence-corrected chi connectivity index (χ0v) is 10.2. The molecule has 0 saturated carbocycles. The summed E-state index contributed by atoms with van der Waals surface area (Å²) in [5.74, 6) is 0.525. The first-order valence-electron chi connectivity index (χ1n) is 4.73. The van der Waals surface area contributed by atoms with Crippen LogP contribution >= 0.6 is 23.2 Å². The second-order valence-electron chi connectivity index (χ2n) is 3.19. The minimum atomic E-state index is 0.468. The molecule has 0 aromatic carbocycles. The third-order valence-corrected chi connectivity index (χ3v) is 2.27. The zero-order valence-electron chi connectivity index (χ0n) is 8.72. The Kier molecular flexibility index (Phi) is 4.85. The van der Waals surface area contributed by atoms with Crippen molar-refractivity contribution >= 4 is 34.7 Å². The lowest BCUT2D eigenvalue weighted by Gasteiger charge is -2.03. The van der Waals surface area contributed by atoms with E-state index in [0.29, 0.717) is 15.9 Å². The minimum absolute atomic E-state index is 0.468. The van der Waals surface area contributed by atoms with Crippen molar-refractivity contribution in [1.29, 1.82) is 0 Å². The van der Waals surface area contributed by atoms with E-state index in [4.69, 9.17) is 23.2 Å². The van der Waals surface area contributed by atoms with Crippen LogP contribution in [0, 0.1) is 0 Å². The lowest BCUT2D eigenvalue weighted by molar-refractivity contribution is 0.982. The van der Waals surface area contributed by atoms with E-state index in [-0.39, 0.29) is 0 Å². The number of hydrogen-bond donors (Lipinski definition) is 1. The molecule has 15 heavy (non-hydrogen) atoms. The molecule has 0 fully saturated rings. The summed E-state index contributed by atoms with van der Waals surface area (Å²) in [5.41, 5.74) is 3.83. The first-order valence-corrected chi connectivity index (χ1v) is 5.49. The topological polar surface area (TPSA) is 37.3 Å². The van der Waals surface area contributed by atoms with Crippen LogP contribution in [0.4, 0.5) is 5.82 Å². The SMILES string of the molecule is CCC/C(C)=N\Nc1ncc(Cl)cc1Cl. The number of anilines is 1. The fourth-order valence-electron chi connectivity index (χ4n) is 1.06. The van der Waals surface area contributed by atoms with Crippen LogP contribution < -0.4 is 5.43 Å². The van der Waals surface area contributed by atoms with Crippen LogP contribution in [-0.4, -0.2) is 10.7 Å². The van der Waals surface area contributed by atoms with Gasteiger partial charge in [-0.15, -0.1) is 0 Å². The van der Waals surface area contributed by atoms with Crippen molar-refractivity contribution < 1.29 is 0 Å². The molecule has 0 radical (unpaired) electrons. The maximum absolute atomic E-state index is 5.91. The Balaban J connectivity index is 2.69. The molecular weight excluding hydrogens is 233 g/mol. The molecule has 0 spiro atoms. The Morgan fingerprint density at radius 1 is 1.53 bits per heavy atom. The molecule has 82 valence electrons. The first-order chi connectivity index (χ1) is 7.13. The van der Waals surface area contributed by atoms with Gasteiger partial charge in [0.1, 0.15) is 0 Å². The predicted molar refractivity (Wildman–Crippen MR) is 65.9 cm³/mol. The molecule has 1 heterocycles. The van der Waals surface area contributed by atoms with E-state index in [1.165, 1.54) is 6.20 Å². The molecule has 0 aliphatic heterocycles. The molecular formula is C10H13Cl2N3. The van der Waals surface area contributed by atoms with E-state index in [9.17, 15) is 0 Å². The number of hydrazone groups is 1. The molecule has 0 aliphatic carbocycles. The fraction of sp³-hybridized carbons (Fsp3) is 0.400. The summed E-state index contributed by atoms with van der Waals surface area (Å²) >= 11 is 11.6. The quantitative estimate of drug-likeness (QED) is 0.644. The minimum Gasteiger partial charge on any atom is -0.260 e. The van der Waals surface area contributed by atoms with Gasteiger partial charge in [-0.3, -0.25) is 5.43 Å². The third-order valence-electron chi connectivity index (χ3n) is 1.77. The third kappa shape index (κ3) is 4.06. The summed E-state index contributed by atoms with van der Waals surface area (Å²) in [6.45, 7) is 4.06. The molecule has 1 rings (SSSR count). The van der Waals surface area contributed by atoms with Crippen molar-refractivity contribution in [1.82, 2.24) is 4.98 Å². The summed E-state index contributed by atoms with van der Waals surface area (Å²) in [5, 5.41) is 5.13. The molecule has 0 unspecified atom stereocenters. The molecule has 1 N–H and O–H groups in total. The number of nitrogens with zero attached hydrogens (tertiary/aromatic N) is 2. The standard InChI is InChI=1S/C10H13Cl2N3/c1-3-4-7(2)14-15-10-9(12)5-8(11)6-13-10/h5-6H,3-4H2,1-2H3,(H,13,15)/b14-7-. The summed E-state index contributed by atoms with van der Waals surface area (Å²) in [6.07, 6.45) is 3.55. The molecule has 0 aliphatic rings. The largest absolute Gasteiger partial charge is 0.260 e. The van der Waals surface area contributed by atoms with Gasteiger partial charge < -0.3 is 0 Å². The van der Waals surface area contributed by atoms with Gasteiger partial charge in [0.2, 0.25) is 0 Å². The number of halogens is 2. The van der Waals surface area contributed by atoms with Gasteiger partial charge in [0.25, 0.3) is 0 Å². The average Bonchev–Trinajstić information content (AvgIpc) is 2.17. The van der Waals surface area contributed by atoms with Crippen molar-refractivity contribution in [2.24, 2.45) is 5.10 Å². The lowest BCUT2D eigenvalue weighted by atomic mass is 10.2. The van der Waals surface area contributed by atoms with Crippen LogP contribution in [0.25, 0.3) is 0 Å². The van der Waals surface area contributed by atoms with E-state index in [2.05, 4.69) is 22.4 Å². The van der Waals surface area contributed by atoms with Crippen molar-refractivity contribution in [2.75, 3.05) is 5.43 Å². The van der Waals surface area contributed by atoms with Crippen LogP contribution in [0.2, 0.25) is 10.0 Å². The number of nitrogens with one attached hydrogen (secondary N) is 1. The van der Waals surface area contributed by atoms with Crippen molar-refractivity contribution in [3.63, 3.8) is 0 Å². The highest BCUT2D eigenvalue weighted by Crippen LogP contribution is 2.22. The molecule has 1 aromatic rings. The van der Waals surface area contributed by atoms with Crippen LogP contribution in [0.3, 0.4) is 0 Å². The molecule has 1 aromatic heterocycles. The maximum atomic E-state index is 5.91. The molecule has 0 bridgehead atoms.